The first-order valence-corrected chi connectivity index (χ1v) is 4.82. The fourth-order valence-corrected chi connectivity index (χ4v) is 1.15. The number of morpholine rings is 1. The summed E-state index contributed by atoms with van der Waals surface area (Å²) in [6, 6.07) is 0. The van der Waals surface area contributed by atoms with E-state index in [2.05, 4.69) is 25.2 Å². The smallest absolute Gasteiger partial charge is 0.0933 e. The van der Waals surface area contributed by atoms with Crippen LogP contribution in [0, 0.1) is 0 Å². The lowest BCUT2D eigenvalue weighted by Crippen LogP contribution is -2.41. The van der Waals surface area contributed by atoms with E-state index in [9.17, 15) is 0 Å². The molecule has 0 aromatic heterocycles. The maximum absolute atomic E-state index is 5.48. The van der Waals surface area contributed by atoms with Crippen LogP contribution in [0.25, 0.3) is 0 Å². The third kappa shape index (κ3) is 5.03. The van der Waals surface area contributed by atoms with Crippen molar-refractivity contribution < 1.29 is 9.47 Å². The predicted octanol–water partition coefficient (Wildman–Crippen LogP) is 0.958. The fourth-order valence-electron chi connectivity index (χ4n) is 1.15. The van der Waals surface area contributed by atoms with Gasteiger partial charge in [0.15, 0.2) is 0 Å². The van der Waals surface area contributed by atoms with Gasteiger partial charge in [-0.2, -0.15) is 0 Å². The highest BCUT2D eigenvalue weighted by molar-refractivity contribution is 4.92. The quantitative estimate of drug-likeness (QED) is 0.522. The molecule has 1 heterocycles. The zero-order chi connectivity index (χ0) is 9.52. The summed E-state index contributed by atoms with van der Waals surface area (Å²) in [5, 5.41) is 3.26. The molecule has 0 spiro atoms. The second-order valence-corrected chi connectivity index (χ2v) is 3.52. The molecule has 1 fully saturated rings. The maximum Gasteiger partial charge on any atom is 0.0933 e. The molecule has 13 heavy (non-hydrogen) atoms. The van der Waals surface area contributed by atoms with Crippen molar-refractivity contribution >= 4 is 0 Å². The first-order chi connectivity index (χ1) is 6.29. The second kappa shape index (κ2) is 6.13. The van der Waals surface area contributed by atoms with Gasteiger partial charge in [-0.25, -0.2) is 0 Å². The minimum Gasteiger partial charge on any atom is -0.375 e. The van der Waals surface area contributed by atoms with Crippen LogP contribution in [0.2, 0.25) is 0 Å². The standard InChI is InChI=1S/C10H19NO2/c1-9(2)3-5-12-8-10-7-11-4-6-13-10/h3,10-11H,4-8H2,1-2H3. The Labute approximate surface area is 80.1 Å². The third-order valence-corrected chi connectivity index (χ3v) is 1.92. The zero-order valence-electron chi connectivity index (χ0n) is 8.51. The lowest BCUT2D eigenvalue weighted by Gasteiger charge is -2.23. The largest absolute Gasteiger partial charge is 0.375 e. The lowest BCUT2D eigenvalue weighted by atomic mass is 10.3. The normalized spacial score (nSPS) is 22.8. The molecule has 1 unspecified atom stereocenters. The molecule has 1 rings (SSSR count). The van der Waals surface area contributed by atoms with Crippen LogP contribution in [0.15, 0.2) is 11.6 Å². The fraction of sp³-hybridized carbons (Fsp3) is 0.800. The first-order valence-electron chi connectivity index (χ1n) is 4.82. The monoisotopic (exact) mass is 185 g/mol. The van der Waals surface area contributed by atoms with E-state index in [0.29, 0.717) is 13.2 Å². The molecule has 76 valence electrons. The Bertz CT molecular complexity index is 158. The Balaban J connectivity index is 2.01. The molecular weight excluding hydrogens is 166 g/mol. The van der Waals surface area contributed by atoms with Crippen molar-refractivity contribution in [3.8, 4) is 0 Å². The average Bonchev–Trinajstić information content (AvgIpc) is 2.14. The number of ether oxygens (including phenoxy) is 2. The summed E-state index contributed by atoms with van der Waals surface area (Å²) in [4.78, 5) is 0. The molecule has 0 radical (unpaired) electrons. The van der Waals surface area contributed by atoms with E-state index >= 15 is 0 Å². The van der Waals surface area contributed by atoms with Crippen LogP contribution in [0.1, 0.15) is 13.8 Å². The molecule has 1 N–H and O–H groups in total. The van der Waals surface area contributed by atoms with Gasteiger partial charge in [0.1, 0.15) is 0 Å². The number of allylic oxidation sites excluding steroid dienone is 1. The van der Waals surface area contributed by atoms with E-state index in [1.165, 1.54) is 5.57 Å². The van der Waals surface area contributed by atoms with Gasteiger partial charge in [0.2, 0.25) is 0 Å². The predicted molar refractivity (Wildman–Crippen MR) is 52.9 cm³/mol. The van der Waals surface area contributed by atoms with Gasteiger partial charge in [-0.3, -0.25) is 0 Å². The van der Waals surface area contributed by atoms with Crippen molar-refractivity contribution in [2.45, 2.75) is 20.0 Å². The molecule has 1 atom stereocenters. The summed E-state index contributed by atoms with van der Waals surface area (Å²) in [6.45, 7) is 8.21. The van der Waals surface area contributed by atoms with Gasteiger partial charge in [0.25, 0.3) is 0 Å². The molecular formula is C10H19NO2. The van der Waals surface area contributed by atoms with Gasteiger partial charge in [-0.05, 0) is 13.8 Å². The van der Waals surface area contributed by atoms with Crippen molar-refractivity contribution in [1.82, 2.24) is 5.32 Å². The summed E-state index contributed by atoms with van der Waals surface area (Å²) in [6.07, 6.45) is 2.32. The zero-order valence-corrected chi connectivity index (χ0v) is 8.51. The molecule has 1 aliphatic heterocycles. The Morgan fingerprint density at radius 3 is 3.08 bits per heavy atom. The SMILES string of the molecule is CC(C)=CCOCC1CNCCO1. The number of rotatable bonds is 4. The molecule has 0 aliphatic carbocycles. The van der Waals surface area contributed by atoms with Gasteiger partial charge in [-0.1, -0.05) is 11.6 Å². The first kappa shape index (κ1) is 10.7. The summed E-state index contributed by atoms with van der Waals surface area (Å²) < 4.78 is 10.9. The highest BCUT2D eigenvalue weighted by Crippen LogP contribution is 1.97. The molecule has 1 saturated heterocycles. The molecule has 0 aromatic carbocycles. The van der Waals surface area contributed by atoms with Crippen molar-refractivity contribution in [3.05, 3.63) is 11.6 Å². The van der Waals surface area contributed by atoms with Crippen LogP contribution >= 0.6 is 0 Å². The highest BCUT2D eigenvalue weighted by atomic mass is 16.5. The van der Waals surface area contributed by atoms with Crippen LogP contribution in [0.4, 0.5) is 0 Å². The third-order valence-electron chi connectivity index (χ3n) is 1.92. The molecule has 3 heteroatoms. The minimum atomic E-state index is 0.235. The van der Waals surface area contributed by atoms with Crippen molar-refractivity contribution in [1.29, 1.82) is 0 Å². The molecule has 3 nitrogen and oxygen atoms in total. The Morgan fingerprint density at radius 2 is 2.46 bits per heavy atom. The molecule has 0 bridgehead atoms. The van der Waals surface area contributed by atoms with E-state index in [-0.39, 0.29) is 6.10 Å². The Morgan fingerprint density at radius 1 is 1.62 bits per heavy atom. The van der Waals surface area contributed by atoms with Gasteiger partial charge < -0.3 is 14.8 Å². The van der Waals surface area contributed by atoms with Gasteiger partial charge in [-0.15, -0.1) is 0 Å². The van der Waals surface area contributed by atoms with Crippen LogP contribution in [-0.4, -0.2) is 39.0 Å². The summed E-state index contributed by atoms with van der Waals surface area (Å²) in [5.41, 5.74) is 1.29. The van der Waals surface area contributed by atoms with Crippen LogP contribution in [0.5, 0.6) is 0 Å². The van der Waals surface area contributed by atoms with Gasteiger partial charge in [0, 0.05) is 13.1 Å². The topological polar surface area (TPSA) is 30.5 Å². The molecule has 0 saturated carbocycles. The van der Waals surface area contributed by atoms with E-state index in [1.54, 1.807) is 0 Å². The average molecular weight is 185 g/mol. The molecule has 1 aliphatic rings. The number of hydrogen-bond donors (Lipinski definition) is 1. The van der Waals surface area contributed by atoms with Crippen molar-refractivity contribution in [3.63, 3.8) is 0 Å². The van der Waals surface area contributed by atoms with E-state index < -0.39 is 0 Å². The Hall–Kier alpha value is -0.380. The van der Waals surface area contributed by atoms with Gasteiger partial charge >= 0.3 is 0 Å². The van der Waals surface area contributed by atoms with Crippen LogP contribution < -0.4 is 5.32 Å². The minimum absolute atomic E-state index is 0.235. The van der Waals surface area contributed by atoms with E-state index in [1.807, 2.05) is 0 Å². The van der Waals surface area contributed by atoms with Crippen LogP contribution in [-0.2, 0) is 9.47 Å². The number of hydrogen-bond acceptors (Lipinski definition) is 3. The van der Waals surface area contributed by atoms with Crippen molar-refractivity contribution in [2.75, 3.05) is 32.9 Å². The summed E-state index contributed by atoms with van der Waals surface area (Å²) in [5.74, 6) is 0. The second-order valence-electron chi connectivity index (χ2n) is 3.52. The maximum atomic E-state index is 5.48. The molecule has 0 amide bonds. The van der Waals surface area contributed by atoms with Gasteiger partial charge in [0.05, 0.1) is 25.9 Å². The van der Waals surface area contributed by atoms with E-state index in [4.69, 9.17) is 9.47 Å². The lowest BCUT2D eigenvalue weighted by molar-refractivity contribution is -0.0257. The Kier molecular flexibility index (Phi) is 5.05. The van der Waals surface area contributed by atoms with E-state index in [0.717, 1.165) is 19.7 Å². The summed E-state index contributed by atoms with van der Waals surface area (Å²) in [7, 11) is 0. The molecule has 0 aromatic rings. The highest BCUT2D eigenvalue weighted by Gasteiger charge is 2.12. The van der Waals surface area contributed by atoms with Crippen LogP contribution in [0.3, 0.4) is 0 Å². The summed E-state index contributed by atoms with van der Waals surface area (Å²) >= 11 is 0. The number of nitrogens with one attached hydrogen (secondary N) is 1. The van der Waals surface area contributed by atoms with Crippen molar-refractivity contribution in [2.24, 2.45) is 0 Å².